The predicted molar refractivity (Wildman–Crippen MR) is 51.6 cm³/mol. The van der Waals surface area contributed by atoms with Crippen molar-refractivity contribution in [2.75, 3.05) is 20.1 Å². The van der Waals surface area contributed by atoms with Crippen LogP contribution in [0.4, 0.5) is 18.0 Å². The molecular formula is C9H17F3N2O. The molecule has 0 unspecified atom stereocenters. The van der Waals surface area contributed by atoms with Crippen LogP contribution in [0.2, 0.25) is 0 Å². The molecule has 15 heavy (non-hydrogen) atoms. The van der Waals surface area contributed by atoms with E-state index in [4.69, 9.17) is 0 Å². The Morgan fingerprint density at radius 3 is 2.47 bits per heavy atom. The van der Waals surface area contributed by atoms with E-state index in [1.54, 1.807) is 0 Å². The third-order valence-electron chi connectivity index (χ3n) is 1.88. The van der Waals surface area contributed by atoms with Crippen LogP contribution >= 0.6 is 0 Å². The second kappa shape index (κ2) is 6.53. The molecule has 6 heteroatoms. The van der Waals surface area contributed by atoms with Gasteiger partial charge in [-0.1, -0.05) is 13.3 Å². The molecule has 90 valence electrons. The highest BCUT2D eigenvalue weighted by Gasteiger charge is 2.27. The topological polar surface area (TPSA) is 32.3 Å². The van der Waals surface area contributed by atoms with E-state index < -0.39 is 18.6 Å². The van der Waals surface area contributed by atoms with Crippen molar-refractivity contribution in [1.82, 2.24) is 10.2 Å². The Bertz CT molecular complexity index is 194. The minimum Gasteiger partial charge on any atom is -0.338 e. The van der Waals surface area contributed by atoms with E-state index in [-0.39, 0.29) is 6.54 Å². The monoisotopic (exact) mass is 226 g/mol. The van der Waals surface area contributed by atoms with Crippen LogP contribution in [0.1, 0.15) is 26.2 Å². The maximum absolute atomic E-state index is 11.8. The zero-order valence-electron chi connectivity index (χ0n) is 9.02. The summed E-state index contributed by atoms with van der Waals surface area (Å²) in [6.07, 6.45) is -3.41. The molecule has 0 aromatic heterocycles. The summed E-state index contributed by atoms with van der Waals surface area (Å²) in [6, 6.07) is -0.451. The largest absolute Gasteiger partial charge is 0.390 e. The Morgan fingerprint density at radius 2 is 2.00 bits per heavy atom. The lowest BCUT2D eigenvalue weighted by atomic mass is 10.3. The van der Waals surface area contributed by atoms with Crippen LogP contribution in [0.25, 0.3) is 0 Å². The summed E-state index contributed by atoms with van der Waals surface area (Å²) in [7, 11) is 1.35. The van der Waals surface area contributed by atoms with E-state index in [2.05, 4.69) is 5.32 Å². The molecule has 0 fully saturated rings. The van der Waals surface area contributed by atoms with Gasteiger partial charge in [0.15, 0.2) is 0 Å². The van der Waals surface area contributed by atoms with Gasteiger partial charge in [0.1, 0.15) is 0 Å². The van der Waals surface area contributed by atoms with Crippen molar-refractivity contribution in [3.63, 3.8) is 0 Å². The summed E-state index contributed by atoms with van der Waals surface area (Å²) in [5.74, 6) is 0. The lowest BCUT2D eigenvalue weighted by molar-refractivity contribution is -0.136. The van der Waals surface area contributed by atoms with E-state index in [1.807, 2.05) is 6.92 Å². The lowest BCUT2D eigenvalue weighted by Crippen LogP contribution is -2.39. The van der Waals surface area contributed by atoms with Crippen molar-refractivity contribution < 1.29 is 18.0 Å². The molecule has 0 aromatic rings. The van der Waals surface area contributed by atoms with Gasteiger partial charge in [-0.15, -0.1) is 0 Å². The predicted octanol–water partition coefficient (Wildman–Crippen LogP) is 2.38. The number of nitrogens with zero attached hydrogens (tertiary/aromatic N) is 1. The highest BCUT2D eigenvalue weighted by atomic mass is 19.4. The molecule has 0 radical (unpaired) electrons. The van der Waals surface area contributed by atoms with E-state index in [0.717, 1.165) is 17.7 Å². The van der Waals surface area contributed by atoms with E-state index in [9.17, 15) is 18.0 Å². The van der Waals surface area contributed by atoms with Crippen LogP contribution in [0.15, 0.2) is 0 Å². The summed E-state index contributed by atoms with van der Waals surface area (Å²) in [4.78, 5) is 12.2. The molecular weight excluding hydrogens is 209 g/mol. The van der Waals surface area contributed by atoms with Gasteiger partial charge in [-0.05, 0) is 6.42 Å². The lowest BCUT2D eigenvalue weighted by Gasteiger charge is -2.18. The molecule has 1 N–H and O–H groups in total. The van der Waals surface area contributed by atoms with Crippen LogP contribution < -0.4 is 5.32 Å². The number of rotatable bonds is 5. The van der Waals surface area contributed by atoms with Gasteiger partial charge in [0.05, 0.1) is 6.42 Å². The van der Waals surface area contributed by atoms with Crippen molar-refractivity contribution in [2.24, 2.45) is 0 Å². The van der Waals surface area contributed by atoms with Crippen LogP contribution in [0.5, 0.6) is 0 Å². The second-order valence-electron chi connectivity index (χ2n) is 3.37. The Hall–Kier alpha value is -0.940. The van der Waals surface area contributed by atoms with E-state index >= 15 is 0 Å². The van der Waals surface area contributed by atoms with E-state index in [1.165, 1.54) is 7.05 Å². The molecule has 2 amide bonds. The number of urea groups is 1. The number of carbonyl (C=O) groups excluding carboxylic acids is 1. The molecule has 3 nitrogen and oxygen atoms in total. The normalized spacial score (nSPS) is 11.3. The fraction of sp³-hybridized carbons (Fsp3) is 0.889. The molecule has 0 saturated heterocycles. The maximum atomic E-state index is 11.8. The molecule has 0 saturated carbocycles. The van der Waals surface area contributed by atoms with Crippen molar-refractivity contribution in [3.8, 4) is 0 Å². The number of alkyl halides is 3. The molecule has 0 heterocycles. The summed E-state index contributed by atoms with van der Waals surface area (Å²) in [6.45, 7) is 2.17. The quantitative estimate of drug-likeness (QED) is 0.717. The number of hydrogen-bond donors (Lipinski definition) is 1. The van der Waals surface area contributed by atoms with Gasteiger partial charge >= 0.3 is 12.2 Å². The van der Waals surface area contributed by atoms with Crippen molar-refractivity contribution in [3.05, 3.63) is 0 Å². The smallest absolute Gasteiger partial charge is 0.338 e. The van der Waals surface area contributed by atoms with Gasteiger partial charge in [0, 0.05) is 20.1 Å². The first-order chi connectivity index (χ1) is 6.87. The van der Waals surface area contributed by atoms with Gasteiger partial charge < -0.3 is 10.2 Å². The molecule has 0 atom stereocenters. The van der Waals surface area contributed by atoms with Crippen LogP contribution in [0, 0.1) is 0 Å². The van der Waals surface area contributed by atoms with Gasteiger partial charge in [0.2, 0.25) is 0 Å². The second-order valence-corrected chi connectivity index (χ2v) is 3.37. The zero-order valence-corrected chi connectivity index (χ0v) is 9.02. The van der Waals surface area contributed by atoms with Crippen LogP contribution in [-0.4, -0.2) is 37.2 Å². The molecule has 0 aromatic carbocycles. The molecule has 0 aliphatic rings. The highest BCUT2D eigenvalue weighted by Crippen LogP contribution is 2.19. The molecule has 0 aliphatic heterocycles. The Morgan fingerprint density at radius 1 is 1.40 bits per heavy atom. The van der Waals surface area contributed by atoms with Gasteiger partial charge in [-0.25, -0.2) is 4.79 Å². The number of unbranched alkanes of at least 4 members (excludes halogenated alkanes) is 1. The minimum atomic E-state index is -4.21. The maximum Gasteiger partial charge on any atom is 0.390 e. The highest BCUT2D eigenvalue weighted by molar-refractivity contribution is 5.73. The number of hydrogen-bond acceptors (Lipinski definition) is 1. The number of amides is 2. The summed E-state index contributed by atoms with van der Waals surface area (Å²) in [5, 5.41) is 2.54. The van der Waals surface area contributed by atoms with Gasteiger partial charge in [-0.3, -0.25) is 0 Å². The minimum absolute atomic E-state index is 0.304. The average molecular weight is 226 g/mol. The number of nitrogens with one attached hydrogen (secondary N) is 1. The molecule has 0 bridgehead atoms. The van der Waals surface area contributed by atoms with Crippen molar-refractivity contribution >= 4 is 6.03 Å². The van der Waals surface area contributed by atoms with Gasteiger partial charge in [0.25, 0.3) is 0 Å². The first-order valence-corrected chi connectivity index (χ1v) is 4.92. The Kier molecular flexibility index (Phi) is 6.12. The Labute approximate surface area is 87.6 Å². The summed E-state index contributed by atoms with van der Waals surface area (Å²) < 4.78 is 35.5. The number of carbonyl (C=O) groups is 1. The SMILES string of the molecule is CCCCNC(=O)N(C)CCC(F)(F)F. The number of halogens is 3. The van der Waals surface area contributed by atoms with Crippen molar-refractivity contribution in [2.45, 2.75) is 32.4 Å². The molecule has 0 rings (SSSR count). The third-order valence-corrected chi connectivity index (χ3v) is 1.88. The van der Waals surface area contributed by atoms with Crippen LogP contribution in [-0.2, 0) is 0 Å². The summed E-state index contributed by atoms with van der Waals surface area (Å²) in [5.41, 5.74) is 0. The summed E-state index contributed by atoms with van der Waals surface area (Å²) >= 11 is 0. The van der Waals surface area contributed by atoms with Crippen molar-refractivity contribution in [1.29, 1.82) is 0 Å². The fourth-order valence-electron chi connectivity index (χ4n) is 0.903. The van der Waals surface area contributed by atoms with E-state index in [0.29, 0.717) is 6.54 Å². The molecule has 0 spiro atoms. The molecule has 0 aliphatic carbocycles. The van der Waals surface area contributed by atoms with Gasteiger partial charge in [-0.2, -0.15) is 13.2 Å². The Balaban J connectivity index is 3.70. The van der Waals surface area contributed by atoms with Crippen LogP contribution in [0.3, 0.4) is 0 Å². The fourth-order valence-corrected chi connectivity index (χ4v) is 0.903. The first-order valence-electron chi connectivity index (χ1n) is 4.92. The third kappa shape index (κ3) is 8.08. The zero-order chi connectivity index (χ0) is 11.9. The first kappa shape index (κ1) is 14.1. The average Bonchev–Trinajstić information content (AvgIpc) is 2.13. The standard InChI is InChI=1S/C9H17F3N2O/c1-3-4-6-13-8(15)14(2)7-5-9(10,11)12/h3-7H2,1-2H3,(H,13,15).